The van der Waals surface area contributed by atoms with E-state index in [0.717, 1.165) is 6.07 Å². The zero-order chi connectivity index (χ0) is 8.97. The Morgan fingerprint density at radius 1 is 1.50 bits per heavy atom. The fraction of sp³-hybridized carbons (Fsp3) is 0.125. The third-order valence-corrected chi connectivity index (χ3v) is 1.43. The summed E-state index contributed by atoms with van der Waals surface area (Å²) >= 11 is 0. The van der Waals surface area contributed by atoms with Crippen LogP contribution in [0.2, 0.25) is 0 Å². The van der Waals surface area contributed by atoms with Gasteiger partial charge in [-0.05, 0) is 22.9 Å². The molecule has 0 atom stereocenters. The number of benzene rings is 1. The molecule has 0 radical (unpaired) electrons. The Bertz CT molecular complexity index is 312. The fourth-order valence-corrected chi connectivity index (χ4v) is 0.848. The first-order chi connectivity index (χ1) is 5.77. The molecule has 1 aromatic carbocycles. The molecule has 62 valence electrons. The highest BCUT2D eigenvalue weighted by Gasteiger charge is 2.02. The topological polar surface area (TPSA) is 46.5 Å². The Labute approximate surface area is 68.2 Å². The van der Waals surface area contributed by atoms with Crippen molar-refractivity contribution in [2.45, 2.75) is 6.42 Å². The summed E-state index contributed by atoms with van der Waals surface area (Å²) in [6.07, 6.45) is 0.818. The third-order valence-electron chi connectivity index (χ3n) is 1.43. The minimum Gasteiger partial charge on any atom is -0.303 e. The number of nitroso groups, excluding NO2 is 1. The van der Waals surface area contributed by atoms with Crippen LogP contribution in [-0.4, -0.2) is 6.29 Å². The molecule has 0 bridgehead atoms. The smallest absolute Gasteiger partial charge is 0.152 e. The van der Waals surface area contributed by atoms with Gasteiger partial charge in [-0.1, -0.05) is 6.07 Å². The maximum atomic E-state index is 12.8. The lowest BCUT2D eigenvalue weighted by Crippen LogP contribution is -1.86. The predicted molar refractivity (Wildman–Crippen MR) is 41.6 cm³/mol. The average Bonchev–Trinajstić information content (AvgIpc) is 2.05. The largest absolute Gasteiger partial charge is 0.303 e. The van der Waals surface area contributed by atoms with Crippen LogP contribution in [0.15, 0.2) is 23.4 Å². The Kier molecular flexibility index (Phi) is 2.63. The first-order valence-corrected chi connectivity index (χ1v) is 3.33. The fourth-order valence-electron chi connectivity index (χ4n) is 0.848. The predicted octanol–water partition coefficient (Wildman–Crippen LogP) is 1.96. The van der Waals surface area contributed by atoms with Gasteiger partial charge in [0.2, 0.25) is 0 Å². The lowest BCUT2D eigenvalue weighted by atomic mass is 10.1. The van der Waals surface area contributed by atoms with Crippen molar-refractivity contribution >= 4 is 12.0 Å². The Balaban J connectivity index is 3.00. The van der Waals surface area contributed by atoms with Crippen LogP contribution in [0.5, 0.6) is 0 Å². The first-order valence-electron chi connectivity index (χ1n) is 3.33. The standard InChI is InChI=1S/C8H6FNO2/c9-7-5-6(3-4-11)1-2-8(7)10-12/h1-2,4-5H,3H2. The number of aldehydes is 1. The van der Waals surface area contributed by atoms with Gasteiger partial charge in [0, 0.05) is 6.42 Å². The van der Waals surface area contributed by atoms with Gasteiger partial charge in [-0.3, -0.25) is 0 Å². The quantitative estimate of drug-likeness (QED) is 0.510. The number of rotatable bonds is 3. The number of hydrogen-bond donors (Lipinski definition) is 0. The van der Waals surface area contributed by atoms with Gasteiger partial charge in [0.25, 0.3) is 0 Å². The summed E-state index contributed by atoms with van der Waals surface area (Å²) in [5, 5.41) is 2.46. The molecule has 0 saturated heterocycles. The van der Waals surface area contributed by atoms with E-state index in [0.29, 0.717) is 11.8 Å². The Morgan fingerprint density at radius 3 is 2.75 bits per heavy atom. The molecule has 1 aromatic rings. The van der Waals surface area contributed by atoms with Crippen molar-refractivity contribution in [1.29, 1.82) is 0 Å². The zero-order valence-electron chi connectivity index (χ0n) is 6.16. The maximum Gasteiger partial charge on any atom is 0.152 e. The van der Waals surface area contributed by atoms with Crippen LogP contribution in [-0.2, 0) is 11.2 Å². The van der Waals surface area contributed by atoms with Crippen LogP contribution < -0.4 is 0 Å². The average molecular weight is 167 g/mol. The van der Waals surface area contributed by atoms with Crippen molar-refractivity contribution in [3.63, 3.8) is 0 Å². The van der Waals surface area contributed by atoms with Crippen molar-refractivity contribution in [2.75, 3.05) is 0 Å². The molecule has 12 heavy (non-hydrogen) atoms. The summed E-state index contributed by atoms with van der Waals surface area (Å²) in [7, 11) is 0. The summed E-state index contributed by atoms with van der Waals surface area (Å²) in [5.74, 6) is -0.690. The van der Waals surface area contributed by atoms with Crippen molar-refractivity contribution in [2.24, 2.45) is 5.18 Å². The highest BCUT2D eigenvalue weighted by Crippen LogP contribution is 2.18. The van der Waals surface area contributed by atoms with Gasteiger partial charge in [-0.2, -0.15) is 0 Å². The van der Waals surface area contributed by atoms with Gasteiger partial charge in [0.05, 0.1) is 0 Å². The van der Waals surface area contributed by atoms with E-state index >= 15 is 0 Å². The molecule has 1 rings (SSSR count). The maximum absolute atomic E-state index is 12.8. The van der Waals surface area contributed by atoms with Gasteiger partial charge in [0.1, 0.15) is 12.0 Å². The van der Waals surface area contributed by atoms with Gasteiger partial charge < -0.3 is 4.79 Å². The van der Waals surface area contributed by atoms with E-state index in [9.17, 15) is 14.1 Å². The van der Waals surface area contributed by atoms with Crippen molar-refractivity contribution in [3.05, 3.63) is 34.5 Å². The minimum absolute atomic E-state index is 0.149. The van der Waals surface area contributed by atoms with Gasteiger partial charge in [-0.15, -0.1) is 4.91 Å². The van der Waals surface area contributed by atoms with Crippen LogP contribution in [0.1, 0.15) is 5.56 Å². The second-order valence-corrected chi connectivity index (χ2v) is 2.25. The number of carbonyl (C=O) groups is 1. The van der Waals surface area contributed by atoms with Gasteiger partial charge >= 0.3 is 0 Å². The van der Waals surface area contributed by atoms with E-state index in [1.54, 1.807) is 0 Å². The van der Waals surface area contributed by atoms with E-state index in [4.69, 9.17) is 0 Å². The minimum atomic E-state index is -0.690. The van der Waals surface area contributed by atoms with Crippen LogP contribution in [0.4, 0.5) is 10.1 Å². The molecule has 0 aliphatic heterocycles. The van der Waals surface area contributed by atoms with Gasteiger partial charge in [-0.25, -0.2) is 4.39 Å². The molecule has 0 heterocycles. The molecule has 0 aromatic heterocycles. The number of carbonyl (C=O) groups excluding carboxylic acids is 1. The molecule has 0 N–H and O–H groups in total. The molecule has 4 heteroatoms. The van der Waals surface area contributed by atoms with E-state index in [2.05, 4.69) is 5.18 Å². The molecule has 0 fully saturated rings. The lowest BCUT2D eigenvalue weighted by molar-refractivity contribution is -0.107. The monoisotopic (exact) mass is 167 g/mol. The molecule has 3 nitrogen and oxygen atoms in total. The molecule has 0 aliphatic carbocycles. The molecule has 0 saturated carbocycles. The van der Waals surface area contributed by atoms with E-state index in [-0.39, 0.29) is 12.1 Å². The number of nitrogens with zero attached hydrogens (tertiary/aromatic N) is 1. The molecule has 0 unspecified atom stereocenters. The molecular weight excluding hydrogens is 161 g/mol. The zero-order valence-corrected chi connectivity index (χ0v) is 6.16. The normalized spacial score (nSPS) is 9.42. The second-order valence-electron chi connectivity index (χ2n) is 2.25. The van der Waals surface area contributed by atoms with Gasteiger partial charge in [0.15, 0.2) is 5.82 Å². The van der Waals surface area contributed by atoms with Crippen LogP contribution in [0.25, 0.3) is 0 Å². The molecular formula is C8H6FNO2. The molecule has 0 spiro atoms. The SMILES string of the molecule is O=CCc1ccc(N=O)c(F)c1. The lowest BCUT2D eigenvalue weighted by Gasteiger charge is -1.95. The van der Waals surface area contributed by atoms with Crippen LogP contribution in [0, 0.1) is 10.7 Å². The van der Waals surface area contributed by atoms with E-state index in [1.807, 2.05) is 0 Å². The highest BCUT2D eigenvalue weighted by atomic mass is 19.1. The molecule has 0 aliphatic rings. The van der Waals surface area contributed by atoms with Crippen LogP contribution in [0.3, 0.4) is 0 Å². The van der Waals surface area contributed by atoms with E-state index < -0.39 is 5.82 Å². The van der Waals surface area contributed by atoms with E-state index in [1.165, 1.54) is 12.1 Å². The summed E-state index contributed by atoms with van der Waals surface area (Å²) in [5.41, 5.74) is 0.305. The second kappa shape index (κ2) is 3.71. The first kappa shape index (κ1) is 8.52. The van der Waals surface area contributed by atoms with Crippen molar-refractivity contribution in [1.82, 2.24) is 0 Å². The van der Waals surface area contributed by atoms with Crippen molar-refractivity contribution in [3.8, 4) is 0 Å². The summed E-state index contributed by atoms with van der Waals surface area (Å²) in [6.45, 7) is 0. The third kappa shape index (κ3) is 1.72. The highest BCUT2D eigenvalue weighted by molar-refractivity contribution is 5.56. The number of halogens is 1. The summed E-state index contributed by atoms with van der Waals surface area (Å²) in [6, 6.07) is 3.88. The van der Waals surface area contributed by atoms with Crippen LogP contribution >= 0.6 is 0 Å². The number of hydrogen-bond acceptors (Lipinski definition) is 3. The summed E-state index contributed by atoms with van der Waals surface area (Å²) < 4.78 is 12.8. The Morgan fingerprint density at radius 2 is 2.25 bits per heavy atom. The summed E-state index contributed by atoms with van der Waals surface area (Å²) in [4.78, 5) is 20.0. The van der Waals surface area contributed by atoms with Crippen molar-refractivity contribution < 1.29 is 9.18 Å². The molecule has 0 amide bonds. The Hall–Kier alpha value is -1.58.